The third kappa shape index (κ3) is 2.89. The Hall–Kier alpha value is -2.17. The van der Waals surface area contributed by atoms with Gasteiger partial charge in [-0.15, -0.1) is 0 Å². The molecule has 3 amide bonds. The van der Waals surface area contributed by atoms with Gasteiger partial charge in [0, 0.05) is 6.42 Å². The van der Waals surface area contributed by atoms with Crippen molar-refractivity contribution in [3.8, 4) is 0 Å². The van der Waals surface area contributed by atoms with E-state index in [0.717, 1.165) is 36.3 Å². The van der Waals surface area contributed by atoms with Crippen LogP contribution >= 0.6 is 0 Å². The van der Waals surface area contributed by atoms with Crippen LogP contribution < -0.4 is 5.43 Å². The van der Waals surface area contributed by atoms with Gasteiger partial charge >= 0.3 is 0 Å². The van der Waals surface area contributed by atoms with Gasteiger partial charge in [0.2, 0.25) is 5.91 Å². The second kappa shape index (κ2) is 6.30. The van der Waals surface area contributed by atoms with Crippen molar-refractivity contribution in [2.24, 2.45) is 11.8 Å². The number of fused-ring (bicyclic) bond motifs is 1. The average Bonchev–Trinajstić information content (AvgIpc) is 2.79. The number of carbonyl (C=O) groups excluding carboxylic acids is 3. The summed E-state index contributed by atoms with van der Waals surface area (Å²) in [6.07, 6.45) is 4.33. The predicted molar refractivity (Wildman–Crippen MR) is 80.2 cm³/mol. The molecule has 3 rings (SSSR count). The van der Waals surface area contributed by atoms with Gasteiger partial charge in [-0.05, 0) is 24.8 Å². The summed E-state index contributed by atoms with van der Waals surface area (Å²) in [5.41, 5.74) is 3.56. The number of imide groups is 1. The van der Waals surface area contributed by atoms with Crippen LogP contribution in [0.1, 0.15) is 37.7 Å². The quantitative estimate of drug-likeness (QED) is 0.863. The Morgan fingerprint density at radius 2 is 1.64 bits per heavy atom. The van der Waals surface area contributed by atoms with E-state index in [1.807, 2.05) is 30.3 Å². The number of nitrogens with one attached hydrogen (secondary N) is 1. The number of hydrogen-bond donors (Lipinski definition) is 1. The first-order chi connectivity index (χ1) is 10.7. The van der Waals surface area contributed by atoms with Gasteiger partial charge in [0.05, 0.1) is 11.8 Å². The van der Waals surface area contributed by atoms with E-state index in [9.17, 15) is 14.4 Å². The molecule has 0 spiro atoms. The van der Waals surface area contributed by atoms with Crippen LogP contribution in [0.5, 0.6) is 0 Å². The molecule has 1 aliphatic carbocycles. The Labute approximate surface area is 129 Å². The molecule has 116 valence electrons. The van der Waals surface area contributed by atoms with Gasteiger partial charge in [0.25, 0.3) is 11.8 Å². The fourth-order valence-electron chi connectivity index (χ4n) is 3.36. The summed E-state index contributed by atoms with van der Waals surface area (Å²) >= 11 is 0. The molecule has 1 heterocycles. The van der Waals surface area contributed by atoms with Crippen LogP contribution in [-0.4, -0.2) is 22.7 Å². The number of amides is 3. The second-order valence-electron chi connectivity index (χ2n) is 6.03. The van der Waals surface area contributed by atoms with Crippen molar-refractivity contribution in [3.05, 3.63) is 35.9 Å². The van der Waals surface area contributed by atoms with E-state index in [0.29, 0.717) is 6.42 Å². The molecule has 0 aromatic heterocycles. The highest BCUT2D eigenvalue weighted by molar-refractivity contribution is 6.06. The third-order valence-corrected chi connectivity index (χ3v) is 4.56. The van der Waals surface area contributed by atoms with Gasteiger partial charge in [0.15, 0.2) is 0 Å². The van der Waals surface area contributed by atoms with Crippen LogP contribution in [0.3, 0.4) is 0 Å². The molecule has 5 nitrogen and oxygen atoms in total. The first-order valence-corrected chi connectivity index (χ1v) is 7.88. The zero-order valence-electron chi connectivity index (χ0n) is 12.5. The number of aryl methyl sites for hydroxylation is 1. The molecule has 0 bridgehead atoms. The Kier molecular flexibility index (Phi) is 4.22. The molecule has 1 saturated carbocycles. The maximum absolute atomic E-state index is 12.3. The van der Waals surface area contributed by atoms with E-state index in [4.69, 9.17) is 0 Å². The van der Waals surface area contributed by atoms with Gasteiger partial charge in [-0.2, -0.15) is 5.01 Å². The fraction of sp³-hybridized carbons (Fsp3) is 0.471. The Balaban J connectivity index is 1.57. The minimum atomic E-state index is -0.288. The van der Waals surface area contributed by atoms with Crippen LogP contribution in [0.25, 0.3) is 0 Å². The zero-order valence-corrected chi connectivity index (χ0v) is 12.5. The van der Waals surface area contributed by atoms with Crippen molar-refractivity contribution in [2.45, 2.75) is 38.5 Å². The smallest absolute Gasteiger partial charge is 0.252 e. The number of benzene rings is 1. The molecule has 1 saturated heterocycles. The molecular weight excluding hydrogens is 280 g/mol. The van der Waals surface area contributed by atoms with Gasteiger partial charge in [-0.1, -0.05) is 43.2 Å². The summed E-state index contributed by atoms with van der Waals surface area (Å²) in [5.74, 6) is -1.21. The molecule has 2 aliphatic rings. The number of rotatable bonds is 4. The second-order valence-corrected chi connectivity index (χ2v) is 6.03. The van der Waals surface area contributed by atoms with Gasteiger partial charge in [0.1, 0.15) is 0 Å². The predicted octanol–water partition coefficient (Wildman–Crippen LogP) is 1.83. The molecule has 2 atom stereocenters. The van der Waals surface area contributed by atoms with E-state index < -0.39 is 0 Å². The molecule has 5 heteroatoms. The van der Waals surface area contributed by atoms with Gasteiger partial charge in [-0.25, -0.2) is 0 Å². The van der Waals surface area contributed by atoms with E-state index in [-0.39, 0.29) is 36.0 Å². The number of hydrazine groups is 1. The molecule has 1 aromatic carbocycles. The normalized spacial score (nSPS) is 24.3. The number of nitrogens with zero attached hydrogens (tertiary/aromatic N) is 1. The third-order valence-electron chi connectivity index (χ3n) is 4.56. The van der Waals surface area contributed by atoms with Crippen molar-refractivity contribution < 1.29 is 14.4 Å². The Morgan fingerprint density at radius 1 is 1.05 bits per heavy atom. The molecule has 2 unspecified atom stereocenters. The van der Waals surface area contributed by atoms with Crippen LogP contribution in [0.15, 0.2) is 30.3 Å². The largest absolute Gasteiger partial charge is 0.273 e. The first kappa shape index (κ1) is 14.8. The molecule has 1 aromatic rings. The van der Waals surface area contributed by atoms with E-state index in [1.54, 1.807) is 0 Å². The molecule has 1 aliphatic heterocycles. The highest BCUT2D eigenvalue weighted by atomic mass is 16.2. The Bertz CT molecular complexity index is 561. The maximum Gasteiger partial charge on any atom is 0.252 e. The summed E-state index contributed by atoms with van der Waals surface area (Å²) in [6.45, 7) is 0. The average molecular weight is 300 g/mol. The SMILES string of the molecule is O=C(CCc1ccccc1)NN1C(=O)C2CCCCC2C1=O. The molecular formula is C17H20N2O3. The van der Waals surface area contributed by atoms with Crippen LogP contribution in [0, 0.1) is 11.8 Å². The molecule has 1 N–H and O–H groups in total. The topological polar surface area (TPSA) is 66.5 Å². The van der Waals surface area contributed by atoms with Crippen LogP contribution in [-0.2, 0) is 20.8 Å². The lowest BCUT2D eigenvalue weighted by atomic mass is 9.81. The lowest BCUT2D eigenvalue weighted by molar-refractivity contribution is -0.149. The fourth-order valence-corrected chi connectivity index (χ4v) is 3.36. The monoisotopic (exact) mass is 300 g/mol. The zero-order chi connectivity index (χ0) is 15.5. The number of carbonyl (C=O) groups is 3. The van der Waals surface area contributed by atoms with Crippen molar-refractivity contribution in [2.75, 3.05) is 0 Å². The van der Waals surface area contributed by atoms with Crippen molar-refractivity contribution >= 4 is 17.7 Å². The highest BCUT2D eigenvalue weighted by Gasteiger charge is 2.48. The van der Waals surface area contributed by atoms with Crippen molar-refractivity contribution in [3.63, 3.8) is 0 Å². The summed E-state index contributed by atoms with van der Waals surface area (Å²) in [6, 6.07) is 9.67. The Morgan fingerprint density at radius 3 is 2.23 bits per heavy atom. The summed E-state index contributed by atoms with van der Waals surface area (Å²) in [4.78, 5) is 36.5. The minimum Gasteiger partial charge on any atom is -0.273 e. The summed E-state index contributed by atoms with van der Waals surface area (Å²) < 4.78 is 0. The molecule has 22 heavy (non-hydrogen) atoms. The summed E-state index contributed by atoms with van der Waals surface area (Å²) in [7, 11) is 0. The minimum absolute atomic E-state index is 0.226. The lowest BCUT2D eigenvalue weighted by Crippen LogP contribution is -2.46. The van der Waals surface area contributed by atoms with Crippen molar-refractivity contribution in [1.29, 1.82) is 0 Å². The van der Waals surface area contributed by atoms with E-state index in [1.165, 1.54) is 0 Å². The molecule has 0 radical (unpaired) electrons. The van der Waals surface area contributed by atoms with E-state index in [2.05, 4.69) is 5.43 Å². The molecule has 2 fully saturated rings. The van der Waals surface area contributed by atoms with Crippen LogP contribution in [0.4, 0.5) is 0 Å². The first-order valence-electron chi connectivity index (χ1n) is 7.88. The van der Waals surface area contributed by atoms with Crippen LogP contribution in [0.2, 0.25) is 0 Å². The van der Waals surface area contributed by atoms with E-state index >= 15 is 0 Å². The summed E-state index contributed by atoms with van der Waals surface area (Å²) in [5, 5.41) is 0.966. The highest BCUT2D eigenvalue weighted by Crippen LogP contribution is 2.37. The standard InChI is InChI=1S/C17H20N2O3/c20-15(11-10-12-6-2-1-3-7-12)18-19-16(21)13-8-4-5-9-14(13)17(19)22/h1-3,6-7,13-14H,4-5,8-11H2,(H,18,20). The van der Waals surface area contributed by atoms with Gasteiger partial charge < -0.3 is 0 Å². The van der Waals surface area contributed by atoms with Gasteiger partial charge in [-0.3, -0.25) is 19.8 Å². The maximum atomic E-state index is 12.3. The lowest BCUT2D eigenvalue weighted by Gasteiger charge is -2.19. The number of hydrogen-bond acceptors (Lipinski definition) is 3. The van der Waals surface area contributed by atoms with Crippen molar-refractivity contribution in [1.82, 2.24) is 10.4 Å².